The zero-order chi connectivity index (χ0) is 20.7. The average molecular weight is 413 g/mol. The molecule has 6 nitrogen and oxygen atoms in total. The lowest BCUT2D eigenvalue weighted by atomic mass is 9.93. The van der Waals surface area contributed by atoms with Gasteiger partial charge in [0.1, 0.15) is 5.75 Å². The number of carbonyl (C=O) groups is 2. The summed E-state index contributed by atoms with van der Waals surface area (Å²) in [5.41, 5.74) is 1.45. The van der Waals surface area contributed by atoms with Gasteiger partial charge in [-0.1, -0.05) is 31.0 Å². The summed E-state index contributed by atoms with van der Waals surface area (Å²) in [6, 6.07) is 6.70. The summed E-state index contributed by atoms with van der Waals surface area (Å²) >= 11 is 1.29. The minimum absolute atomic E-state index is 0.00541. The first kappa shape index (κ1) is 19.6. The van der Waals surface area contributed by atoms with Crippen molar-refractivity contribution in [2.24, 2.45) is 0 Å². The van der Waals surface area contributed by atoms with Crippen LogP contribution < -0.4 is 4.74 Å². The Morgan fingerprint density at radius 1 is 1.24 bits per heavy atom. The Morgan fingerprint density at radius 3 is 2.55 bits per heavy atom. The summed E-state index contributed by atoms with van der Waals surface area (Å²) in [6.45, 7) is 3.61. The second-order valence-electron chi connectivity index (χ2n) is 7.53. The summed E-state index contributed by atoms with van der Waals surface area (Å²) in [7, 11) is 1.57. The largest absolute Gasteiger partial charge is 0.503 e. The van der Waals surface area contributed by atoms with Gasteiger partial charge in [0.05, 0.1) is 34.3 Å². The van der Waals surface area contributed by atoms with Crippen LogP contribution in [0.2, 0.25) is 0 Å². The standard InChI is InChI=1S/C22H24N2O4S/c1-12-21(29-13(2)23-12)19(25)17-18(15-10-6-7-11-16(15)28-3)24(22(27)20(17)26)14-8-4-5-9-14/h6-7,10-11,14,18,26H,4-5,8-9H2,1-3H3. The van der Waals surface area contributed by atoms with Gasteiger partial charge >= 0.3 is 0 Å². The highest BCUT2D eigenvalue weighted by atomic mass is 32.1. The number of hydrogen-bond donors (Lipinski definition) is 1. The van der Waals surface area contributed by atoms with Gasteiger partial charge in [0, 0.05) is 11.6 Å². The van der Waals surface area contributed by atoms with E-state index in [0.717, 1.165) is 30.7 Å². The first-order chi connectivity index (χ1) is 13.9. The quantitative estimate of drug-likeness (QED) is 0.741. The van der Waals surface area contributed by atoms with Crippen molar-refractivity contribution >= 4 is 23.0 Å². The fourth-order valence-electron chi connectivity index (χ4n) is 4.48. The number of nitrogens with zero attached hydrogens (tertiary/aromatic N) is 2. The van der Waals surface area contributed by atoms with Crippen LogP contribution in [0, 0.1) is 13.8 Å². The first-order valence-electron chi connectivity index (χ1n) is 9.81. The lowest BCUT2D eigenvalue weighted by molar-refractivity contribution is -0.131. The van der Waals surface area contributed by atoms with Gasteiger partial charge in [-0.25, -0.2) is 4.98 Å². The molecule has 1 aromatic heterocycles. The number of benzene rings is 1. The number of ether oxygens (including phenoxy) is 1. The number of para-hydroxylation sites is 1. The number of methoxy groups -OCH3 is 1. The second kappa shape index (κ2) is 7.63. The third kappa shape index (κ3) is 3.23. The maximum Gasteiger partial charge on any atom is 0.290 e. The average Bonchev–Trinajstić information content (AvgIpc) is 3.41. The third-order valence-corrected chi connectivity index (χ3v) is 6.82. The molecule has 2 heterocycles. The van der Waals surface area contributed by atoms with Crippen LogP contribution in [0.15, 0.2) is 35.6 Å². The van der Waals surface area contributed by atoms with E-state index in [1.54, 1.807) is 18.9 Å². The lowest BCUT2D eigenvalue weighted by Crippen LogP contribution is -2.38. The molecule has 0 spiro atoms. The first-order valence-corrected chi connectivity index (χ1v) is 10.6. The summed E-state index contributed by atoms with van der Waals surface area (Å²) in [4.78, 5) is 33.1. The number of ketones is 1. The van der Waals surface area contributed by atoms with Crippen LogP contribution in [0.4, 0.5) is 0 Å². The third-order valence-electron chi connectivity index (χ3n) is 5.75. The van der Waals surface area contributed by atoms with Gasteiger partial charge in [0.15, 0.2) is 5.76 Å². The Hall–Kier alpha value is -2.67. The zero-order valence-electron chi connectivity index (χ0n) is 16.8. The molecule has 0 radical (unpaired) electrons. The molecular formula is C22H24N2O4S. The van der Waals surface area contributed by atoms with Crippen LogP contribution in [-0.2, 0) is 4.79 Å². The normalized spacial score (nSPS) is 20.0. The highest BCUT2D eigenvalue weighted by Crippen LogP contribution is 2.46. The monoisotopic (exact) mass is 412 g/mol. The van der Waals surface area contributed by atoms with E-state index in [-0.39, 0.29) is 17.4 Å². The van der Waals surface area contributed by atoms with E-state index in [0.29, 0.717) is 21.9 Å². The number of aliphatic hydroxyl groups is 1. The molecular weight excluding hydrogens is 388 g/mol. The van der Waals surface area contributed by atoms with Crippen molar-refractivity contribution in [3.8, 4) is 5.75 Å². The van der Waals surface area contributed by atoms with E-state index in [1.807, 2.05) is 31.2 Å². The van der Waals surface area contributed by atoms with Gasteiger partial charge in [0.2, 0.25) is 5.78 Å². The molecule has 1 fully saturated rings. The Morgan fingerprint density at radius 2 is 1.93 bits per heavy atom. The molecule has 0 bridgehead atoms. The van der Waals surface area contributed by atoms with Crippen LogP contribution >= 0.6 is 11.3 Å². The molecule has 1 atom stereocenters. The maximum atomic E-state index is 13.5. The van der Waals surface area contributed by atoms with Crippen molar-refractivity contribution in [1.82, 2.24) is 9.88 Å². The predicted octanol–water partition coefficient (Wildman–Crippen LogP) is 4.29. The summed E-state index contributed by atoms with van der Waals surface area (Å²) in [5, 5.41) is 11.6. The Labute approximate surface area is 173 Å². The van der Waals surface area contributed by atoms with E-state index in [2.05, 4.69) is 4.98 Å². The molecule has 1 aromatic carbocycles. The van der Waals surface area contributed by atoms with Gasteiger partial charge in [-0.15, -0.1) is 11.3 Å². The molecule has 1 saturated carbocycles. The molecule has 152 valence electrons. The van der Waals surface area contributed by atoms with Crippen molar-refractivity contribution in [3.05, 3.63) is 56.7 Å². The van der Waals surface area contributed by atoms with E-state index in [1.165, 1.54) is 11.3 Å². The van der Waals surface area contributed by atoms with Gasteiger partial charge in [0.25, 0.3) is 5.91 Å². The van der Waals surface area contributed by atoms with Gasteiger partial charge in [-0.2, -0.15) is 0 Å². The number of Topliss-reactive ketones (excluding diaryl/α,β-unsaturated/α-hetero) is 1. The number of aliphatic hydroxyl groups excluding tert-OH is 1. The fourth-order valence-corrected chi connectivity index (χ4v) is 5.35. The number of hydrogen-bond acceptors (Lipinski definition) is 6. The summed E-state index contributed by atoms with van der Waals surface area (Å²) < 4.78 is 5.54. The molecule has 1 amide bonds. The number of rotatable bonds is 5. The molecule has 4 rings (SSSR count). The SMILES string of the molecule is COc1ccccc1C1C(C(=O)c2sc(C)nc2C)=C(O)C(=O)N1C1CCCC1. The molecule has 1 unspecified atom stereocenters. The van der Waals surface area contributed by atoms with Gasteiger partial charge < -0.3 is 14.7 Å². The molecule has 1 aliphatic heterocycles. The van der Waals surface area contributed by atoms with Crippen LogP contribution in [0.5, 0.6) is 5.75 Å². The molecule has 1 N–H and O–H groups in total. The van der Waals surface area contributed by atoms with Crippen LogP contribution in [0.25, 0.3) is 0 Å². The number of carbonyl (C=O) groups excluding carboxylic acids is 2. The molecule has 29 heavy (non-hydrogen) atoms. The molecule has 0 saturated heterocycles. The van der Waals surface area contributed by atoms with Crippen molar-refractivity contribution in [1.29, 1.82) is 0 Å². The molecule has 7 heteroatoms. The van der Waals surface area contributed by atoms with Crippen molar-refractivity contribution < 1.29 is 19.4 Å². The van der Waals surface area contributed by atoms with Crippen LogP contribution in [0.3, 0.4) is 0 Å². The van der Waals surface area contributed by atoms with E-state index < -0.39 is 17.7 Å². The van der Waals surface area contributed by atoms with E-state index >= 15 is 0 Å². The Bertz CT molecular complexity index is 1000. The van der Waals surface area contributed by atoms with Gasteiger partial charge in [-0.3, -0.25) is 9.59 Å². The maximum absolute atomic E-state index is 13.5. The Balaban J connectivity index is 1.87. The molecule has 2 aliphatic rings. The predicted molar refractivity (Wildman–Crippen MR) is 110 cm³/mol. The van der Waals surface area contributed by atoms with E-state index in [4.69, 9.17) is 4.74 Å². The number of aryl methyl sites for hydroxylation is 2. The second-order valence-corrected chi connectivity index (χ2v) is 8.74. The number of thiazole rings is 1. The zero-order valence-corrected chi connectivity index (χ0v) is 17.6. The Kier molecular flexibility index (Phi) is 5.17. The fraction of sp³-hybridized carbons (Fsp3) is 0.409. The number of aromatic nitrogens is 1. The summed E-state index contributed by atoms with van der Waals surface area (Å²) in [6.07, 6.45) is 3.80. The lowest BCUT2D eigenvalue weighted by Gasteiger charge is -2.32. The topological polar surface area (TPSA) is 79.7 Å². The summed E-state index contributed by atoms with van der Waals surface area (Å²) in [5.74, 6) is -0.681. The molecule has 1 aliphatic carbocycles. The van der Waals surface area contributed by atoms with E-state index in [9.17, 15) is 14.7 Å². The highest BCUT2D eigenvalue weighted by Gasteiger charge is 2.48. The smallest absolute Gasteiger partial charge is 0.290 e. The minimum atomic E-state index is -0.670. The van der Waals surface area contributed by atoms with Crippen molar-refractivity contribution in [2.45, 2.75) is 51.6 Å². The minimum Gasteiger partial charge on any atom is -0.503 e. The van der Waals surface area contributed by atoms with Crippen molar-refractivity contribution in [2.75, 3.05) is 7.11 Å². The van der Waals surface area contributed by atoms with Crippen LogP contribution in [0.1, 0.15) is 57.7 Å². The van der Waals surface area contributed by atoms with Gasteiger partial charge in [-0.05, 0) is 32.8 Å². The molecule has 2 aromatic rings. The number of amides is 1. The van der Waals surface area contributed by atoms with Crippen molar-refractivity contribution in [3.63, 3.8) is 0 Å². The highest BCUT2D eigenvalue weighted by molar-refractivity contribution is 7.14. The van der Waals surface area contributed by atoms with Crippen LogP contribution in [-0.4, -0.2) is 39.8 Å².